The van der Waals surface area contributed by atoms with Crippen LogP contribution in [0.25, 0.3) is 0 Å². The van der Waals surface area contributed by atoms with E-state index in [0.29, 0.717) is 5.41 Å². The van der Waals surface area contributed by atoms with Gasteiger partial charge in [-0.05, 0) is 69.1 Å². The molecule has 1 heterocycles. The topological polar surface area (TPSA) is 15.3 Å². The van der Waals surface area contributed by atoms with Gasteiger partial charge in [-0.25, -0.2) is 0 Å². The molecule has 1 rings (SSSR count). The third-order valence-corrected chi connectivity index (χ3v) is 5.27. The van der Waals surface area contributed by atoms with Gasteiger partial charge >= 0.3 is 0 Å². The molecule has 0 saturated carbocycles. The van der Waals surface area contributed by atoms with Gasteiger partial charge in [0, 0.05) is 6.54 Å². The first-order valence-electron chi connectivity index (χ1n) is 8.45. The highest BCUT2D eigenvalue weighted by Crippen LogP contribution is 2.40. The number of hydrogen-bond acceptors (Lipinski definition) is 2. The summed E-state index contributed by atoms with van der Waals surface area (Å²) < 4.78 is 0. The lowest BCUT2D eigenvalue weighted by atomic mass is 9.66. The van der Waals surface area contributed by atoms with Crippen LogP contribution in [-0.2, 0) is 0 Å². The van der Waals surface area contributed by atoms with Crippen molar-refractivity contribution in [3.63, 3.8) is 0 Å². The Bertz CT molecular complexity index is 225. The van der Waals surface area contributed by atoms with Crippen molar-refractivity contribution in [1.29, 1.82) is 0 Å². The Morgan fingerprint density at radius 2 is 1.63 bits per heavy atom. The molecule has 0 amide bonds. The number of piperidine rings is 1. The van der Waals surface area contributed by atoms with Crippen molar-refractivity contribution >= 4 is 0 Å². The Balaban J connectivity index is 2.54. The highest BCUT2D eigenvalue weighted by molar-refractivity contribution is 4.87. The fourth-order valence-corrected chi connectivity index (χ4v) is 3.52. The summed E-state index contributed by atoms with van der Waals surface area (Å²) in [6, 6.07) is 0. The van der Waals surface area contributed by atoms with Crippen molar-refractivity contribution in [2.45, 2.75) is 60.3 Å². The van der Waals surface area contributed by atoms with Gasteiger partial charge in [0.1, 0.15) is 0 Å². The first-order chi connectivity index (χ1) is 9.02. The molecule has 1 fully saturated rings. The van der Waals surface area contributed by atoms with Crippen molar-refractivity contribution in [1.82, 2.24) is 10.2 Å². The molecular weight excluding hydrogens is 232 g/mol. The summed E-state index contributed by atoms with van der Waals surface area (Å²) >= 11 is 0. The minimum atomic E-state index is 0.474. The highest BCUT2D eigenvalue weighted by Gasteiger charge is 2.35. The minimum absolute atomic E-state index is 0.474. The largest absolute Gasteiger partial charge is 0.317 e. The summed E-state index contributed by atoms with van der Waals surface area (Å²) in [5.74, 6) is 1.68. The fourth-order valence-electron chi connectivity index (χ4n) is 3.52. The Labute approximate surface area is 121 Å². The third kappa shape index (κ3) is 5.07. The standard InChI is InChI=1S/C17H36N2/c1-6-12-19(13-7-2)14-15(3)17(4,5)16-8-10-18-11-9-16/h15-16,18H,6-14H2,1-5H3. The number of nitrogens with zero attached hydrogens (tertiary/aromatic N) is 1. The van der Waals surface area contributed by atoms with Gasteiger partial charge in [0.25, 0.3) is 0 Å². The molecule has 0 radical (unpaired) electrons. The summed E-state index contributed by atoms with van der Waals surface area (Å²) in [6.07, 6.45) is 5.28. The SMILES string of the molecule is CCCN(CCC)CC(C)C(C)(C)C1CCNCC1. The molecule has 1 aliphatic heterocycles. The molecular formula is C17H36N2. The maximum atomic E-state index is 3.50. The van der Waals surface area contributed by atoms with Crippen molar-refractivity contribution in [3.05, 3.63) is 0 Å². The quantitative estimate of drug-likeness (QED) is 0.721. The van der Waals surface area contributed by atoms with E-state index in [1.165, 1.54) is 58.4 Å². The first kappa shape index (κ1) is 17.0. The Morgan fingerprint density at radius 3 is 2.11 bits per heavy atom. The van der Waals surface area contributed by atoms with E-state index in [1.807, 2.05) is 0 Å². The lowest BCUT2D eigenvalue weighted by Crippen LogP contribution is -2.43. The Kier molecular flexibility index (Phi) is 7.38. The monoisotopic (exact) mass is 268 g/mol. The van der Waals surface area contributed by atoms with Crippen LogP contribution in [0.4, 0.5) is 0 Å². The molecule has 1 aliphatic rings. The van der Waals surface area contributed by atoms with Gasteiger partial charge in [-0.3, -0.25) is 0 Å². The van der Waals surface area contributed by atoms with E-state index >= 15 is 0 Å². The van der Waals surface area contributed by atoms with Crippen LogP contribution in [0.3, 0.4) is 0 Å². The van der Waals surface area contributed by atoms with Crippen LogP contribution in [0.1, 0.15) is 60.3 Å². The summed E-state index contributed by atoms with van der Waals surface area (Å²) in [5.41, 5.74) is 0.474. The molecule has 0 spiro atoms. The van der Waals surface area contributed by atoms with Crippen molar-refractivity contribution in [2.75, 3.05) is 32.7 Å². The molecule has 1 atom stereocenters. The maximum Gasteiger partial charge on any atom is 0.00122 e. The zero-order valence-corrected chi connectivity index (χ0v) is 14.0. The molecule has 0 aliphatic carbocycles. The minimum Gasteiger partial charge on any atom is -0.317 e. The normalized spacial score (nSPS) is 19.9. The zero-order chi connectivity index (χ0) is 14.3. The van der Waals surface area contributed by atoms with E-state index in [-0.39, 0.29) is 0 Å². The zero-order valence-electron chi connectivity index (χ0n) is 14.0. The van der Waals surface area contributed by atoms with Crippen molar-refractivity contribution < 1.29 is 0 Å². The first-order valence-corrected chi connectivity index (χ1v) is 8.45. The predicted octanol–water partition coefficient (Wildman–Crippen LogP) is 3.77. The average molecular weight is 268 g/mol. The summed E-state index contributed by atoms with van der Waals surface area (Å²) in [7, 11) is 0. The predicted molar refractivity (Wildman–Crippen MR) is 85.6 cm³/mol. The Morgan fingerprint density at radius 1 is 1.11 bits per heavy atom. The smallest absolute Gasteiger partial charge is 0.00122 e. The van der Waals surface area contributed by atoms with E-state index in [1.54, 1.807) is 0 Å². The van der Waals surface area contributed by atoms with Crippen LogP contribution >= 0.6 is 0 Å². The van der Waals surface area contributed by atoms with Gasteiger partial charge in [-0.15, -0.1) is 0 Å². The van der Waals surface area contributed by atoms with Crippen molar-refractivity contribution in [2.24, 2.45) is 17.3 Å². The van der Waals surface area contributed by atoms with Crippen LogP contribution in [-0.4, -0.2) is 37.6 Å². The second-order valence-electron chi connectivity index (χ2n) is 7.05. The van der Waals surface area contributed by atoms with Crippen LogP contribution in [0.15, 0.2) is 0 Å². The van der Waals surface area contributed by atoms with Crippen LogP contribution < -0.4 is 5.32 Å². The van der Waals surface area contributed by atoms with E-state index in [0.717, 1.165) is 11.8 Å². The van der Waals surface area contributed by atoms with E-state index in [2.05, 4.69) is 44.8 Å². The van der Waals surface area contributed by atoms with Crippen molar-refractivity contribution in [3.8, 4) is 0 Å². The molecule has 114 valence electrons. The molecule has 0 aromatic rings. The molecule has 0 bridgehead atoms. The van der Waals surface area contributed by atoms with Gasteiger partial charge in [0.05, 0.1) is 0 Å². The molecule has 0 aromatic carbocycles. The second kappa shape index (κ2) is 8.26. The lowest BCUT2D eigenvalue weighted by molar-refractivity contribution is 0.0685. The summed E-state index contributed by atoms with van der Waals surface area (Å²) in [4.78, 5) is 2.67. The van der Waals surface area contributed by atoms with Crippen LogP contribution in [0.2, 0.25) is 0 Å². The van der Waals surface area contributed by atoms with Gasteiger partial charge in [0.15, 0.2) is 0 Å². The maximum absolute atomic E-state index is 3.50. The third-order valence-electron chi connectivity index (χ3n) is 5.27. The molecule has 1 unspecified atom stereocenters. The molecule has 2 nitrogen and oxygen atoms in total. The lowest BCUT2D eigenvalue weighted by Gasteiger charge is -2.43. The number of rotatable bonds is 8. The van der Waals surface area contributed by atoms with E-state index in [9.17, 15) is 0 Å². The number of nitrogens with one attached hydrogen (secondary N) is 1. The number of hydrogen-bond donors (Lipinski definition) is 1. The summed E-state index contributed by atoms with van der Waals surface area (Å²) in [6.45, 7) is 18.3. The molecule has 0 aromatic heterocycles. The van der Waals surface area contributed by atoms with Gasteiger partial charge in [-0.2, -0.15) is 0 Å². The molecule has 2 heteroatoms. The molecule has 1 N–H and O–H groups in total. The Hall–Kier alpha value is -0.0800. The van der Waals surface area contributed by atoms with E-state index < -0.39 is 0 Å². The second-order valence-corrected chi connectivity index (χ2v) is 7.05. The van der Waals surface area contributed by atoms with E-state index in [4.69, 9.17) is 0 Å². The highest BCUT2D eigenvalue weighted by atomic mass is 15.1. The molecule has 19 heavy (non-hydrogen) atoms. The van der Waals surface area contributed by atoms with Crippen LogP contribution in [0.5, 0.6) is 0 Å². The van der Waals surface area contributed by atoms with Crippen LogP contribution in [0, 0.1) is 17.3 Å². The average Bonchev–Trinajstić information content (AvgIpc) is 2.40. The molecule has 1 saturated heterocycles. The fraction of sp³-hybridized carbons (Fsp3) is 1.00. The van der Waals surface area contributed by atoms with Gasteiger partial charge in [-0.1, -0.05) is 34.6 Å². The van der Waals surface area contributed by atoms with Gasteiger partial charge < -0.3 is 10.2 Å². The van der Waals surface area contributed by atoms with Gasteiger partial charge in [0.2, 0.25) is 0 Å². The summed E-state index contributed by atoms with van der Waals surface area (Å²) in [5, 5.41) is 3.50.